The second-order valence-electron chi connectivity index (χ2n) is 6.12. The molecular formula is C17H17N5O3S. The average Bonchev–Trinajstić information content (AvgIpc) is 3.02. The first-order valence-electron chi connectivity index (χ1n) is 8.42. The summed E-state index contributed by atoms with van der Waals surface area (Å²) in [4.78, 5) is 28.4. The van der Waals surface area contributed by atoms with Gasteiger partial charge in [-0.1, -0.05) is 36.9 Å². The van der Waals surface area contributed by atoms with Crippen LogP contribution < -0.4 is 5.32 Å². The maximum atomic E-state index is 12.7. The van der Waals surface area contributed by atoms with Crippen LogP contribution in [0.5, 0.6) is 0 Å². The second-order valence-corrected chi connectivity index (χ2v) is 7.35. The van der Waals surface area contributed by atoms with Crippen LogP contribution in [0.15, 0.2) is 41.2 Å². The van der Waals surface area contributed by atoms with E-state index in [1.807, 2.05) is 13.0 Å². The van der Waals surface area contributed by atoms with Crippen molar-refractivity contribution < 1.29 is 9.72 Å². The average molecular weight is 371 g/mol. The fourth-order valence-electron chi connectivity index (χ4n) is 3.56. The number of thioether (sulfide) groups is 1. The van der Waals surface area contributed by atoms with Crippen molar-refractivity contribution in [2.24, 2.45) is 5.92 Å². The lowest BCUT2D eigenvalue weighted by Crippen LogP contribution is -2.39. The van der Waals surface area contributed by atoms with Crippen molar-refractivity contribution in [2.45, 2.75) is 31.0 Å². The SMILES string of the molecule is CCSc1nc2n(n1)[C@H](c1ccccc1[N+](=O)[O-])[C@H]1C(=O)CCC=C1N2. The van der Waals surface area contributed by atoms with E-state index in [4.69, 9.17) is 0 Å². The lowest BCUT2D eigenvalue weighted by Gasteiger charge is -2.35. The number of fused-ring (bicyclic) bond motifs is 2. The number of anilines is 1. The minimum Gasteiger partial charge on any atom is -0.328 e. The normalized spacial score (nSPS) is 21.4. The fraction of sp³-hybridized carbons (Fsp3) is 0.353. The summed E-state index contributed by atoms with van der Waals surface area (Å²) in [7, 11) is 0. The highest BCUT2D eigenvalue weighted by atomic mass is 32.2. The van der Waals surface area contributed by atoms with Crippen molar-refractivity contribution in [1.29, 1.82) is 0 Å². The standard InChI is InChI=1S/C17H17N5O3S/c1-2-26-17-19-16-18-11-7-5-9-13(23)14(11)15(21(16)20-17)10-6-3-4-8-12(10)22(24)25/h3-4,6-8,14-15H,2,5,9H2,1H3,(H,18,19,20)/t14-,15-/m1/s1. The van der Waals surface area contributed by atoms with Crippen LogP contribution in [0, 0.1) is 16.0 Å². The van der Waals surface area contributed by atoms with E-state index in [0.717, 1.165) is 11.4 Å². The quantitative estimate of drug-likeness (QED) is 0.500. The molecule has 0 radical (unpaired) electrons. The highest BCUT2D eigenvalue weighted by Gasteiger charge is 2.43. The number of allylic oxidation sites excluding steroid dienone is 2. The largest absolute Gasteiger partial charge is 0.328 e. The predicted molar refractivity (Wildman–Crippen MR) is 97.1 cm³/mol. The lowest BCUT2D eigenvalue weighted by molar-refractivity contribution is -0.385. The number of carbonyl (C=O) groups is 1. The van der Waals surface area contributed by atoms with Gasteiger partial charge < -0.3 is 5.32 Å². The van der Waals surface area contributed by atoms with Gasteiger partial charge in [-0.25, -0.2) is 4.68 Å². The molecule has 9 heteroatoms. The number of nitro groups is 1. The smallest absolute Gasteiger partial charge is 0.274 e. The number of para-hydroxylation sites is 1. The Bertz CT molecular complexity index is 923. The molecule has 0 unspecified atom stereocenters. The number of hydrogen-bond donors (Lipinski definition) is 1. The third kappa shape index (κ3) is 2.68. The maximum absolute atomic E-state index is 12.7. The van der Waals surface area contributed by atoms with E-state index in [2.05, 4.69) is 15.4 Å². The van der Waals surface area contributed by atoms with Gasteiger partial charge in [0.2, 0.25) is 11.1 Å². The molecule has 2 aromatic rings. The van der Waals surface area contributed by atoms with E-state index in [1.54, 1.807) is 22.9 Å². The molecule has 0 amide bonds. The Morgan fingerprint density at radius 2 is 2.23 bits per heavy atom. The highest BCUT2D eigenvalue weighted by Crippen LogP contribution is 2.44. The van der Waals surface area contributed by atoms with Crippen LogP contribution in [0.4, 0.5) is 11.6 Å². The summed E-state index contributed by atoms with van der Waals surface area (Å²) in [6, 6.07) is 5.96. The first kappa shape index (κ1) is 16.8. The minimum atomic E-state index is -0.578. The van der Waals surface area contributed by atoms with Gasteiger partial charge in [-0.15, -0.1) is 5.10 Å². The Morgan fingerprint density at radius 3 is 3.00 bits per heavy atom. The van der Waals surface area contributed by atoms with Crippen molar-refractivity contribution in [3.05, 3.63) is 51.7 Å². The summed E-state index contributed by atoms with van der Waals surface area (Å²) in [6.07, 6.45) is 3.07. The summed E-state index contributed by atoms with van der Waals surface area (Å²) in [6.45, 7) is 2.00. The van der Waals surface area contributed by atoms with E-state index < -0.39 is 16.9 Å². The minimum absolute atomic E-state index is 0.0109. The molecule has 1 aliphatic heterocycles. The van der Waals surface area contributed by atoms with Crippen LogP contribution >= 0.6 is 11.8 Å². The Hall–Kier alpha value is -2.68. The van der Waals surface area contributed by atoms with E-state index in [0.29, 0.717) is 29.5 Å². The monoisotopic (exact) mass is 371 g/mol. The summed E-state index contributed by atoms with van der Waals surface area (Å²) in [5.41, 5.74) is 1.23. The number of nitrogens with one attached hydrogen (secondary N) is 1. The fourth-order valence-corrected chi connectivity index (χ4v) is 4.11. The van der Waals surface area contributed by atoms with Crippen LogP contribution in [-0.4, -0.2) is 31.2 Å². The molecule has 0 bridgehead atoms. The van der Waals surface area contributed by atoms with Crippen molar-refractivity contribution in [3.63, 3.8) is 0 Å². The molecule has 2 heterocycles. The molecule has 1 aromatic carbocycles. The van der Waals surface area contributed by atoms with Gasteiger partial charge in [0.25, 0.3) is 5.69 Å². The highest BCUT2D eigenvalue weighted by molar-refractivity contribution is 7.99. The Kier molecular flexibility index (Phi) is 4.23. The number of benzene rings is 1. The van der Waals surface area contributed by atoms with Gasteiger partial charge in [0.05, 0.1) is 16.4 Å². The molecule has 2 atom stereocenters. The van der Waals surface area contributed by atoms with Crippen molar-refractivity contribution in [1.82, 2.24) is 14.8 Å². The van der Waals surface area contributed by atoms with Gasteiger partial charge in [-0.2, -0.15) is 4.98 Å². The van der Waals surface area contributed by atoms with E-state index in [1.165, 1.54) is 17.8 Å². The summed E-state index contributed by atoms with van der Waals surface area (Å²) in [5.74, 6) is 0.869. The molecule has 1 aliphatic carbocycles. The number of aromatic nitrogens is 3. The van der Waals surface area contributed by atoms with Crippen molar-refractivity contribution >= 4 is 29.2 Å². The summed E-state index contributed by atoms with van der Waals surface area (Å²) >= 11 is 1.49. The van der Waals surface area contributed by atoms with Gasteiger partial charge in [-0.3, -0.25) is 14.9 Å². The molecule has 1 N–H and O–H groups in total. The zero-order valence-corrected chi connectivity index (χ0v) is 14.9. The number of hydrogen-bond acceptors (Lipinski definition) is 7. The van der Waals surface area contributed by atoms with Crippen LogP contribution in [-0.2, 0) is 4.79 Å². The molecule has 26 heavy (non-hydrogen) atoms. The zero-order chi connectivity index (χ0) is 18.3. The van der Waals surface area contributed by atoms with Gasteiger partial charge in [0.1, 0.15) is 11.8 Å². The van der Waals surface area contributed by atoms with Gasteiger partial charge in [-0.05, 0) is 18.2 Å². The maximum Gasteiger partial charge on any atom is 0.274 e. The molecule has 4 rings (SSSR count). The van der Waals surface area contributed by atoms with Crippen LogP contribution in [0.2, 0.25) is 0 Å². The molecule has 0 fully saturated rings. The number of rotatable bonds is 4. The van der Waals surface area contributed by atoms with E-state index in [-0.39, 0.29) is 11.5 Å². The first-order chi connectivity index (χ1) is 12.6. The lowest BCUT2D eigenvalue weighted by atomic mass is 9.80. The molecule has 134 valence electrons. The van der Waals surface area contributed by atoms with E-state index in [9.17, 15) is 14.9 Å². The van der Waals surface area contributed by atoms with Gasteiger partial charge >= 0.3 is 0 Å². The molecule has 2 aliphatic rings. The van der Waals surface area contributed by atoms with E-state index >= 15 is 0 Å². The first-order valence-corrected chi connectivity index (χ1v) is 9.41. The zero-order valence-electron chi connectivity index (χ0n) is 14.1. The Morgan fingerprint density at radius 1 is 1.42 bits per heavy atom. The summed E-state index contributed by atoms with van der Waals surface area (Å²) < 4.78 is 1.63. The molecular weight excluding hydrogens is 354 g/mol. The molecule has 0 saturated heterocycles. The van der Waals surface area contributed by atoms with Crippen LogP contribution in [0.1, 0.15) is 31.4 Å². The van der Waals surface area contributed by atoms with Crippen molar-refractivity contribution in [2.75, 3.05) is 11.1 Å². The van der Waals surface area contributed by atoms with Gasteiger partial charge in [0.15, 0.2) is 0 Å². The number of nitro benzene ring substituents is 1. The van der Waals surface area contributed by atoms with Crippen molar-refractivity contribution in [3.8, 4) is 0 Å². The van der Waals surface area contributed by atoms with Crippen LogP contribution in [0.3, 0.4) is 0 Å². The number of carbonyl (C=O) groups excluding carboxylic acids is 1. The number of nitrogens with zero attached hydrogens (tertiary/aromatic N) is 4. The third-order valence-corrected chi connectivity index (χ3v) is 5.33. The Balaban J connectivity index is 1.93. The van der Waals surface area contributed by atoms with Gasteiger partial charge in [0, 0.05) is 18.2 Å². The topological polar surface area (TPSA) is 103 Å². The van der Waals surface area contributed by atoms with Crippen LogP contribution in [0.25, 0.3) is 0 Å². The second kappa shape index (κ2) is 6.56. The number of Topliss-reactive ketones (excluding diaryl/α,β-unsaturated/α-hetero) is 1. The third-order valence-electron chi connectivity index (χ3n) is 4.61. The molecule has 0 saturated carbocycles. The molecule has 8 nitrogen and oxygen atoms in total. The molecule has 0 spiro atoms. The molecule has 1 aromatic heterocycles. The number of ketones is 1. The Labute approximate surface area is 153 Å². The predicted octanol–water partition coefficient (Wildman–Crippen LogP) is 3.18. The summed E-state index contributed by atoms with van der Waals surface area (Å²) in [5, 5.41) is 19.9.